The molecular formula is C27H24AuP+. The topological polar surface area (TPSA) is 0 Å². The van der Waals surface area contributed by atoms with Crippen molar-refractivity contribution < 1.29 is 22.4 Å². The van der Waals surface area contributed by atoms with Crippen molar-refractivity contribution in [1.29, 1.82) is 0 Å². The molecule has 4 aromatic rings. The summed E-state index contributed by atoms with van der Waals surface area (Å²) in [5, 5.41) is 4.49. The Bertz CT molecular complexity index is 936. The Labute approximate surface area is 189 Å². The second-order valence-corrected chi connectivity index (χ2v) is 11.2. The van der Waals surface area contributed by atoms with Gasteiger partial charge < -0.3 is 0 Å². The van der Waals surface area contributed by atoms with Gasteiger partial charge in [-0.2, -0.15) is 0 Å². The van der Waals surface area contributed by atoms with Gasteiger partial charge in [-0.1, -0.05) is 84.9 Å². The molecule has 1 fully saturated rings. The van der Waals surface area contributed by atoms with Gasteiger partial charge in [0.1, 0.15) is 23.2 Å². The second kappa shape index (κ2) is 8.82. The summed E-state index contributed by atoms with van der Waals surface area (Å²) in [6.07, 6.45) is 1.26. The average Bonchev–Trinajstić information content (AvgIpc) is 3.58. The predicted molar refractivity (Wildman–Crippen MR) is 123 cm³/mol. The molecular weight excluding hydrogens is 552 g/mol. The van der Waals surface area contributed by atoms with Crippen molar-refractivity contribution in [2.45, 2.75) is 18.0 Å². The Morgan fingerprint density at radius 3 is 1.21 bits per heavy atom. The molecule has 0 N–H and O–H groups in total. The van der Waals surface area contributed by atoms with Crippen LogP contribution in [0.15, 0.2) is 121 Å². The molecule has 0 nitrogen and oxygen atoms in total. The minimum Gasteiger partial charge on any atom is -0.0622 e. The predicted octanol–water partition coefficient (Wildman–Crippen LogP) is 5.53. The molecule has 1 radical (unpaired) electrons. The maximum atomic E-state index is 2.36. The Morgan fingerprint density at radius 2 is 0.828 bits per heavy atom. The third kappa shape index (κ3) is 3.67. The van der Waals surface area contributed by atoms with E-state index in [2.05, 4.69) is 121 Å². The molecule has 0 heterocycles. The number of benzene rings is 4. The van der Waals surface area contributed by atoms with Gasteiger partial charge in [-0.3, -0.25) is 0 Å². The van der Waals surface area contributed by atoms with Crippen molar-refractivity contribution >= 4 is 23.2 Å². The van der Waals surface area contributed by atoms with Crippen LogP contribution in [0.1, 0.15) is 17.9 Å². The fraction of sp³-hybridized carbons (Fsp3) is 0.111. The molecule has 0 aromatic heterocycles. The van der Waals surface area contributed by atoms with E-state index in [1.807, 2.05) is 0 Å². The summed E-state index contributed by atoms with van der Waals surface area (Å²) in [7, 11) is -1.74. The van der Waals surface area contributed by atoms with E-state index in [0.717, 1.165) is 0 Å². The van der Waals surface area contributed by atoms with E-state index in [9.17, 15) is 0 Å². The van der Waals surface area contributed by atoms with E-state index in [1.54, 1.807) is 0 Å². The van der Waals surface area contributed by atoms with Gasteiger partial charge in [0.05, 0.1) is 5.66 Å². The first kappa shape index (κ1) is 20.3. The first-order chi connectivity index (χ1) is 13.9. The average molecular weight is 576 g/mol. The maximum Gasteiger partial charge on any atom is 0.115 e. The molecule has 0 bridgehead atoms. The zero-order chi connectivity index (χ0) is 18.8. The third-order valence-electron chi connectivity index (χ3n) is 5.97. The molecule has 1 aliphatic rings. The summed E-state index contributed by atoms with van der Waals surface area (Å²) in [6.45, 7) is 0. The quantitative estimate of drug-likeness (QED) is 0.217. The number of rotatable bonds is 5. The molecule has 0 amide bonds. The minimum atomic E-state index is -1.74. The van der Waals surface area contributed by atoms with Crippen molar-refractivity contribution in [3.63, 3.8) is 0 Å². The molecule has 4 aromatic carbocycles. The zero-order valence-electron chi connectivity index (χ0n) is 16.2. The van der Waals surface area contributed by atoms with Crippen molar-refractivity contribution in [2.75, 3.05) is 0 Å². The van der Waals surface area contributed by atoms with E-state index < -0.39 is 7.26 Å². The van der Waals surface area contributed by atoms with Crippen LogP contribution < -0.4 is 15.9 Å². The fourth-order valence-electron chi connectivity index (χ4n) is 4.68. The smallest absolute Gasteiger partial charge is 0.0622 e. The largest absolute Gasteiger partial charge is 0.115 e. The van der Waals surface area contributed by atoms with Crippen LogP contribution in [0.2, 0.25) is 0 Å². The standard InChI is InChI=1S/C27H24P.Au/c1-5-13-22(14-6-1)26-21-27(26)28(23-15-7-2-8-16-23,24-17-9-3-10-18-24)25-19-11-4-12-20-25;/h1-20,26-27H,21H2;/q+1;. The van der Waals surface area contributed by atoms with Gasteiger partial charge in [0.2, 0.25) is 0 Å². The van der Waals surface area contributed by atoms with Crippen LogP contribution in [0.25, 0.3) is 0 Å². The molecule has 2 heteroatoms. The van der Waals surface area contributed by atoms with Crippen molar-refractivity contribution in [2.24, 2.45) is 0 Å². The van der Waals surface area contributed by atoms with Gasteiger partial charge in [-0.25, -0.2) is 0 Å². The first-order valence-corrected chi connectivity index (χ1v) is 11.9. The zero-order valence-corrected chi connectivity index (χ0v) is 19.2. The summed E-state index contributed by atoms with van der Waals surface area (Å²) in [5.41, 5.74) is 2.14. The van der Waals surface area contributed by atoms with Crippen LogP contribution in [0.3, 0.4) is 0 Å². The molecule has 1 aliphatic carbocycles. The third-order valence-corrected chi connectivity index (χ3v) is 10.9. The molecule has 0 aliphatic heterocycles. The van der Waals surface area contributed by atoms with E-state index in [1.165, 1.54) is 27.9 Å². The second-order valence-electron chi connectivity index (χ2n) is 7.55. The fourth-order valence-corrected chi connectivity index (χ4v) is 9.90. The molecule has 2 unspecified atom stereocenters. The Morgan fingerprint density at radius 1 is 0.483 bits per heavy atom. The molecule has 1 saturated carbocycles. The molecule has 29 heavy (non-hydrogen) atoms. The minimum absolute atomic E-state index is 0. The first-order valence-electron chi connectivity index (χ1n) is 10.0. The van der Waals surface area contributed by atoms with Crippen LogP contribution in [0.4, 0.5) is 0 Å². The maximum absolute atomic E-state index is 2.36. The Kier molecular flexibility index (Phi) is 6.18. The van der Waals surface area contributed by atoms with Crippen LogP contribution in [-0.2, 0) is 22.4 Å². The summed E-state index contributed by atoms with van der Waals surface area (Å²) in [6, 6.07) is 44.9. The van der Waals surface area contributed by atoms with Crippen LogP contribution in [0, 0.1) is 0 Å². The van der Waals surface area contributed by atoms with Crippen molar-refractivity contribution in [1.82, 2.24) is 0 Å². The molecule has 0 saturated heterocycles. The molecule has 2 atom stereocenters. The summed E-state index contributed by atoms with van der Waals surface area (Å²) in [5.74, 6) is 0.634. The number of hydrogen-bond acceptors (Lipinski definition) is 0. The van der Waals surface area contributed by atoms with Crippen LogP contribution >= 0.6 is 7.26 Å². The van der Waals surface area contributed by atoms with E-state index in [-0.39, 0.29) is 22.4 Å². The van der Waals surface area contributed by atoms with Crippen LogP contribution in [0.5, 0.6) is 0 Å². The van der Waals surface area contributed by atoms with Crippen LogP contribution in [-0.4, -0.2) is 5.66 Å². The monoisotopic (exact) mass is 576 g/mol. The summed E-state index contributed by atoms with van der Waals surface area (Å²) in [4.78, 5) is 0. The normalized spacial score (nSPS) is 17.9. The van der Waals surface area contributed by atoms with Gasteiger partial charge in [0.15, 0.2) is 0 Å². The number of hydrogen-bond donors (Lipinski definition) is 0. The van der Waals surface area contributed by atoms with Crippen molar-refractivity contribution in [3.8, 4) is 0 Å². The molecule has 147 valence electrons. The van der Waals surface area contributed by atoms with Gasteiger partial charge in [0, 0.05) is 28.3 Å². The van der Waals surface area contributed by atoms with Gasteiger partial charge in [-0.15, -0.1) is 0 Å². The molecule has 5 rings (SSSR count). The SMILES string of the molecule is [Au].c1ccc(C2CC2[P+](c2ccccc2)(c2ccccc2)c2ccccc2)cc1. The Balaban J connectivity index is 0.00000205. The van der Waals surface area contributed by atoms with E-state index in [4.69, 9.17) is 0 Å². The van der Waals surface area contributed by atoms with E-state index >= 15 is 0 Å². The summed E-state index contributed by atoms with van der Waals surface area (Å²) < 4.78 is 0. The van der Waals surface area contributed by atoms with E-state index in [0.29, 0.717) is 11.6 Å². The van der Waals surface area contributed by atoms with Gasteiger partial charge in [-0.05, 0) is 48.4 Å². The Hall–Kier alpha value is -1.95. The van der Waals surface area contributed by atoms with Gasteiger partial charge in [0.25, 0.3) is 0 Å². The van der Waals surface area contributed by atoms with Crippen molar-refractivity contribution in [3.05, 3.63) is 127 Å². The summed E-state index contributed by atoms with van der Waals surface area (Å²) >= 11 is 0. The van der Waals surface area contributed by atoms with Gasteiger partial charge >= 0.3 is 0 Å². The molecule has 0 spiro atoms.